The standard InChI is InChI=1S/C22H22ClF2N5O/c1-12-6-7-29(21(31)14-4-5-17(23)15(8-14)13-2-3-13)10-16(12)19-9-18(20(24)25)28-22-26-11-27-30(19)22/h4-5,8-9,11-13,16,20H,2-3,6-7,10H2,1H3/t12-,16-/m1/s1. The zero-order valence-electron chi connectivity index (χ0n) is 17.0. The maximum absolute atomic E-state index is 13.4. The van der Waals surface area contributed by atoms with Crippen LogP contribution < -0.4 is 0 Å². The number of benzene rings is 1. The largest absolute Gasteiger partial charge is 0.338 e. The third kappa shape index (κ3) is 3.78. The Morgan fingerprint density at radius 1 is 1.23 bits per heavy atom. The summed E-state index contributed by atoms with van der Waals surface area (Å²) >= 11 is 6.32. The molecule has 2 aliphatic rings. The fourth-order valence-corrected chi connectivity index (χ4v) is 4.71. The van der Waals surface area contributed by atoms with E-state index < -0.39 is 6.43 Å². The van der Waals surface area contributed by atoms with E-state index in [2.05, 4.69) is 22.0 Å². The Kier molecular flexibility index (Phi) is 5.12. The molecule has 1 aliphatic heterocycles. The van der Waals surface area contributed by atoms with Crippen LogP contribution in [-0.4, -0.2) is 43.5 Å². The Balaban J connectivity index is 1.46. The van der Waals surface area contributed by atoms with Crippen molar-refractivity contribution in [2.75, 3.05) is 13.1 Å². The molecule has 9 heteroatoms. The smallest absolute Gasteiger partial charge is 0.280 e. The molecule has 1 aromatic carbocycles. The van der Waals surface area contributed by atoms with Crippen LogP contribution in [0.15, 0.2) is 30.6 Å². The highest BCUT2D eigenvalue weighted by Gasteiger charge is 2.34. The van der Waals surface area contributed by atoms with Gasteiger partial charge in [0.2, 0.25) is 0 Å². The second-order valence-corrected chi connectivity index (χ2v) is 8.92. The van der Waals surface area contributed by atoms with Crippen molar-refractivity contribution in [3.05, 3.63) is 58.1 Å². The van der Waals surface area contributed by atoms with Crippen molar-refractivity contribution in [1.29, 1.82) is 0 Å². The molecule has 3 heterocycles. The monoisotopic (exact) mass is 445 g/mol. The number of hydrogen-bond acceptors (Lipinski definition) is 4. The van der Waals surface area contributed by atoms with Crippen LogP contribution in [0.1, 0.15) is 71.8 Å². The number of carbonyl (C=O) groups is 1. The molecule has 2 fully saturated rings. The third-order valence-electron chi connectivity index (χ3n) is 6.41. The van der Waals surface area contributed by atoms with Gasteiger partial charge < -0.3 is 4.90 Å². The predicted octanol–water partition coefficient (Wildman–Crippen LogP) is 4.86. The number of fused-ring (bicyclic) bond motifs is 1. The first-order valence-electron chi connectivity index (χ1n) is 10.5. The lowest BCUT2D eigenvalue weighted by molar-refractivity contribution is 0.0665. The number of carbonyl (C=O) groups excluding carboxylic acids is 1. The molecule has 1 saturated heterocycles. The zero-order valence-corrected chi connectivity index (χ0v) is 17.8. The molecule has 1 aliphatic carbocycles. The van der Waals surface area contributed by atoms with Crippen molar-refractivity contribution in [2.24, 2.45) is 5.92 Å². The van der Waals surface area contributed by atoms with Gasteiger partial charge in [-0.2, -0.15) is 10.1 Å². The number of piperidine rings is 1. The molecular weight excluding hydrogens is 424 g/mol. The molecule has 1 amide bonds. The topological polar surface area (TPSA) is 63.4 Å². The molecule has 2 aromatic heterocycles. The van der Waals surface area contributed by atoms with Gasteiger partial charge in [0, 0.05) is 29.6 Å². The first-order chi connectivity index (χ1) is 14.9. The molecule has 0 bridgehead atoms. The van der Waals surface area contributed by atoms with Crippen LogP contribution in [0, 0.1) is 5.92 Å². The van der Waals surface area contributed by atoms with Gasteiger partial charge >= 0.3 is 0 Å². The van der Waals surface area contributed by atoms with E-state index in [1.54, 1.807) is 17.0 Å². The molecule has 1 saturated carbocycles. The highest BCUT2D eigenvalue weighted by molar-refractivity contribution is 6.31. The van der Waals surface area contributed by atoms with Gasteiger partial charge in [-0.3, -0.25) is 4.79 Å². The summed E-state index contributed by atoms with van der Waals surface area (Å²) in [7, 11) is 0. The summed E-state index contributed by atoms with van der Waals surface area (Å²) in [5.74, 6) is 0.567. The van der Waals surface area contributed by atoms with Crippen molar-refractivity contribution in [2.45, 2.75) is 44.4 Å². The van der Waals surface area contributed by atoms with Crippen molar-refractivity contribution in [3.63, 3.8) is 0 Å². The van der Waals surface area contributed by atoms with Crippen LogP contribution in [0.25, 0.3) is 5.78 Å². The number of alkyl halides is 2. The van der Waals surface area contributed by atoms with E-state index in [9.17, 15) is 13.6 Å². The number of amides is 1. The van der Waals surface area contributed by atoms with Crippen LogP contribution in [-0.2, 0) is 0 Å². The molecule has 2 atom stereocenters. The highest BCUT2D eigenvalue weighted by atomic mass is 35.5. The van der Waals surface area contributed by atoms with Crippen molar-refractivity contribution < 1.29 is 13.6 Å². The van der Waals surface area contributed by atoms with E-state index in [0.29, 0.717) is 35.3 Å². The summed E-state index contributed by atoms with van der Waals surface area (Å²) in [5, 5.41) is 4.89. The summed E-state index contributed by atoms with van der Waals surface area (Å²) in [6, 6.07) is 6.87. The van der Waals surface area contributed by atoms with E-state index in [0.717, 1.165) is 24.8 Å². The van der Waals surface area contributed by atoms with Gasteiger partial charge in [-0.25, -0.2) is 18.3 Å². The molecule has 0 unspecified atom stereocenters. The van der Waals surface area contributed by atoms with Gasteiger partial charge in [0.1, 0.15) is 12.0 Å². The molecular formula is C22H22ClF2N5O. The van der Waals surface area contributed by atoms with Crippen LogP contribution in [0.5, 0.6) is 0 Å². The Labute approximate surface area is 183 Å². The third-order valence-corrected chi connectivity index (χ3v) is 6.75. The molecule has 5 rings (SSSR count). The molecule has 0 spiro atoms. The summed E-state index contributed by atoms with van der Waals surface area (Å²) in [4.78, 5) is 23.0. The fraction of sp³-hybridized carbons (Fsp3) is 0.455. The minimum Gasteiger partial charge on any atom is -0.338 e. The number of halogens is 3. The van der Waals surface area contributed by atoms with E-state index in [4.69, 9.17) is 11.6 Å². The minimum absolute atomic E-state index is 0.0616. The Morgan fingerprint density at radius 3 is 2.77 bits per heavy atom. The number of nitrogens with zero attached hydrogens (tertiary/aromatic N) is 5. The second-order valence-electron chi connectivity index (χ2n) is 8.51. The maximum Gasteiger partial charge on any atom is 0.280 e. The molecule has 0 radical (unpaired) electrons. The van der Waals surface area contributed by atoms with Crippen molar-refractivity contribution >= 4 is 23.3 Å². The van der Waals surface area contributed by atoms with Gasteiger partial charge in [-0.1, -0.05) is 18.5 Å². The first kappa shape index (κ1) is 20.3. The Morgan fingerprint density at radius 2 is 2.03 bits per heavy atom. The van der Waals surface area contributed by atoms with Crippen LogP contribution in [0.2, 0.25) is 5.02 Å². The van der Waals surface area contributed by atoms with Gasteiger partial charge in [0.25, 0.3) is 18.1 Å². The molecule has 6 nitrogen and oxygen atoms in total. The van der Waals surface area contributed by atoms with Gasteiger partial charge in [-0.05, 0) is 60.9 Å². The maximum atomic E-state index is 13.4. The quantitative estimate of drug-likeness (QED) is 0.575. The fourth-order valence-electron chi connectivity index (χ4n) is 4.44. The number of rotatable bonds is 4. The highest BCUT2D eigenvalue weighted by Crippen LogP contribution is 2.43. The van der Waals surface area contributed by atoms with Crippen LogP contribution in [0.4, 0.5) is 8.78 Å². The number of aromatic nitrogens is 4. The molecule has 3 aromatic rings. The Bertz CT molecular complexity index is 1150. The summed E-state index contributed by atoms with van der Waals surface area (Å²) < 4.78 is 28.3. The normalized spacial score (nSPS) is 21.8. The summed E-state index contributed by atoms with van der Waals surface area (Å²) in [6.45, 7) is 3.11. The van der Waals surface area contributed by atoms with Gasteiger partial charge in [0.05, 0.1) is 5.69 Å². The van der Waals surface area contributed by atoms with Crippen molar-refractivity contribution in [3.8, 4) is 0 Å². The second kappa shape index (κ2) is 7.82. The number of hydrogen-bond donors (Lipinski definition) is 0. The van der Waals surface area contributed by atoms with E-state index >= 15 is 0 Å². The lowest BCUT2D eigenvalue weighted by Crippen LogP contribution is -2.42. The average molecular weight is 446 g/mol. The minimum atomic E-state index is -2.70. The summed E-state index contributed by atoms with van der Waals surface area (Å²) in [5.41, 5.74) is 1.94. The van der Waals surface area contributed by atoms with Gasteiger partial charge in [-0.15, -0.1) is 0 Å². The lowest BCUT2D eigenvalue weighted by Gasteiger charge is -2.37. The molecule has 162 valence electrons. The molecule has 31 heavy (non-hydrogen) atoms. The van der Waals surface area contributed by atoms with Crippen LogP contribution >= 0.6 is 11.6 Å². The Hall–Kier alpha value is -2.61. The van der Waals surface area contributed by atoms with E-state index in [-0.39, 0.29) is 29.2 Å². The van der Waals surface area contributed by atoms with Gasteiger partial charge in [0.15, 0.2) is 0 Å². The average Bonchev–Trinajstić information content (AvgIpc) is 3.49. The lowest BCUT2D eigenvalue weighted by atomic mass is 9.84. The van der Waals surface area contributed by atoms with Crippen molar-refractivity contribution in [1.82, 2.24) is 24.5 Å². The van der Waals surface area contributed by atoms with E-state index in [1.165, 1.54) is 16.9 Å². The van der Waals surface area contributed by atoms with Crippen LogP contribution in [0.3, 0.4) is 0 Å². The van der Waals surface area contributed by atoms with E-state index in [1.807, 2.05) is 6.07 Å². The first-order valence-corrected chi connectivity index (χ1v) is 10.9. The summed E-state index contributed by atoms with van der Waals surface area (Å²) in [6.07, 6.45) is 1.57. The number of likely N-dealkylation sites (tertiary alicyclic amines) is 1. The molecule has 0 N–H and O–H groups in total. The SMILES string of the molecule is C[C@@H]1CCN(C(=O)c2ccc(Cl)c(C3CC3)c2)C[C@H]1c1cc(C(F)F)nc2ncnn12. The predicted molar refractivity (Wildman–Crippen MR) is 112 cm³/mol. The zero-order chi connectivity index (χ0) is 21.7.